The van der Waals surface area contributed by atoms with Gasteiger partial charge in [0, 0.05) is 16.6 Å². The van der Waals surface area contributed by atoms with Gasteiger partial charge in [0.2, 0.25) is 0 Å². The second-order valence-corrected chi connectivity index (χ2v) is 4.94. The molecule has 1 amide bonds. The van der Waals surface area contributed by atoms with E-state index in [0.29, 0.717) is 18.7 Å². The highest BCUT2D eigenvalue weighted by molar-refractivity contribution is 9.10. The summed E-state index contributed by atoms with van der Waals surface area (Å²) in [6, 6.07) is 5.60. The van der Waals surface area contributed by atoms with Crippen LogP contribution in [0.1, 0.15) is 29.8 Å². The second-order valence-electron chi connectivity index (χ2n) is 4.09. The zero-order valence-electron chi connectivity index (χ0n) is 10.4. The number of benzene rings is 1. The Bertz CT molecular complexity index is 391. The summed E-state index contributed by atoms with van der Waals surface area (Å²) in [6.07, 6.45) is 0.194. The first-order chi connectivity index (χ1) is 8.02. The normalized spacial score (nSPS) is 10.6. The molecule has 1 N–H and O–H groups in total. The van der Waals surface area contributed by atoms with Gasteiger partial charge >= 0.3 is 0 Å². The number of hydrogen-bond donors (Lipinski definition) is 1. The van der Waals surface area contributed by atoms with Crippen LogP contribution < -0.4 is 5.32 Å². The van der Waals surface area contributed by atoms with Crippen LogP contribution in [0.2, 0.25) is 0 Å². The highest BCUT2D eigenvalue weighted by Gasteiger charge is 2.09. The van der Waals surface area contributed by atoms with Gasteiger partial charge in [-0.3, -0.25) is 4.79 Å². The largest absolute Gasteiger partial charge is 0.377 e. The van der Waals surface area contributed by atoms with E-state index in [1.165, 1.54) is 0 Å². The Morgan fingerprint density at radius 1 is 1.47 bits per heavy atom. The fraction of sp³-hybridized carbons (Fsp3) is 0.462. The van der Waals surface area contributed by atoms with Crippen LogP contribution in [0.3, 0.4) is 0 Å². The topological polar surface area (TPSA) is 38.3 Å². The molecule has 4 heteroatoms. The molecule has 3 nitrogen and oxygen atoms in total. The molecule has 1 rings (SSSR count). The van der Waals surface area contributed by atoms with Gasteiger partial charge in [0.15, 0.2) is 0 Å². The van der Waals surface area contributed by atoms with Crippen molar-refractivity contribution in [2.75, 3.05) is 13.2 Å². The lowest BCUT2D eigenvalue weighted by molar-refractivity contribution is 0.0746. The molecule has 0 unspecified atom stereocenters. The van der Waals surface area contributed by atoms with Gasteiger partial charge < -0.3 is 10.1 Å². The minimum Gasteiger partial charge on any atom is -0.377 e. The number of carbonyl (C=O) groups is 1. The summed E-state index contributed by atoms with van der Waals surface area (Å²) in [5, 5.41) is 2.84. The van der Waals surface area contributed by atoms with Crippen molar-refractivity contribution in [2.24, 2.45) is 0 Å². The first kappa shape index (κ1) is 14.2. The summed E-state index contributed by atoms with van der Waals surface area (Å²) in [5.41, 5.74) is 1.65. The van der Waals surface area contributed by atoms with Crippen molar-refractivity contribution in [3.8, 4) is 0 Å². The van der Waals surface area contributed by atoms with Gasteiger partial charge in [0.05, 0.1) is 12.7 Å². The number of amides is 1. The minimum atomic E-state index is -0.0591. The van der Waals surface area contributed by atoms with Gasteiger partial charge in [0.25, 0.3) is 5.91 Å². The third kappa shape index (κ3) is 4.48. The first-order valence-electron chi connectivity index (χ1n) is 5.67. The maximum atomic E-state index is 11.9. The molecule has 0 spiro atoms. The molecule has 0 aliphatic rings. The van der Waals surface area contributed by atoms with Gasteiger partial charge in [0.1, 0.15) is 0 Å². The number of halogens is 1. The Hall–Kier alpha value is -0.870. The van der Waals surface area contributed by atoms with E-state index in [2.05, 4.69) is 21.2 Å². The third-order valence-electron chi connectivity index (χ3n) is 2.35. The predicted octanol–water partition coefficient (Wildman–Crippen LogP) is 2.91. The summed E-state index contributed by atoms with van der Waals surface area (Å²) in [6.45, 7) is 6.93. The van der Waals surface area contributed by atoms with Crippen LogP contribution in [0.4, 0.5) is 0 Å². The number of rotatable bonds is 5. The molecule has 17 heavy (non-hydrogen) atoms. The fourth-order valence-corrected chi connectivity index (χ4v) is 1.77. The lowest BCUT2D eigenvalue weighted by Gasteiger charge is -2.10. The van der Waals surface area contributed by atoms with Crippen molar-refractivity contribution < 1.29 is 9.53 Å². The van der Waals surface area contributed by atoms with Crippen LogP contribution in [0.5, 0.6) is 0 Å². The van der Waals surface area contributed by atoms with E-state index in [9.17, 15) is 4.79 Å². The standard InChI is InChI=1S/C13H18BrNO2/c1-9(2)17-8-7-15-13(16)11-5-4-6-12(14)10(11)3/h4-6,9H,7-8H2,1-3H3,(H,15,16). The van der Waals surface area contributed by atoms with E-state index in [4.69, 9.17) is 4.74 Å². The summed E-state index contributed by atoms with van der Waals surface area (Å²) < 4.78 is 6.31. The van der Waals surface area contributed by atoms with Crippen LogP contribution in [0.15, 0.2) is 22.7 Å². The lowest BCUT2D eigenvalue weighted by atomic mass is 10.1. The number of carbonyl (C=O) groups excluding carboxylic acids is 1. The van der Waals surface area contributed by atoms with Gasteiger partial charge in [-0.05, 0) is 38.5 Å². The Kier molecular flexibility index (Phi) is 5.65. The monoisotopic (exact) mass is 299 g/mol. The highest BCUT2D eigenvalue weighted by atomic mass is 79.9. The molecule has 0 saturated carbocycles. The average Bonchev–Trinajstić information content (AvgIpc) is 2.27. The van der Waals surface area contributed by atoms with Crippen molar-refractivity contribution in [3.63, 3.8) is 0 Å². The van der Waals surface area contributed by atoms with Gasteiger partial charge in [-0.1, -0.05) is 22.0 Å². The summed E-state index contributed by atoms with van der Waals surface area (Å²) >= 11 is 3.41. The van der Waals surface area contributed by atoms with E-state index in [1.807, 2.05) is 39.0 Å². The highest BCUT2D eigenvalue weighted by Crippen LogP contribution is 2.19. The zero-order chi connectivity index (χ0) is 12.8. The summed E-state index contributed by atoms with van der Waals surface area (Å²) in [7, 11) is 0. The lowest BCUT2D eigenvalue weighted by Crippen LogP contribution is -2.28. The SMILES string of the molecule is Cc1c(Br)cccc1C(=O)NCCOC(C)C. The van der Waals surface area contributed by atoms with Crippen molar-refractivity contribution in [2.45, 2.75) is 26.9 Å². The molecule has 0 saturated heterocycles. The Morgan fingerprint density at radius 3 is 2.82 bits per heavy atom. The van der Waals surface area contributed by atoms with E-state index >= 15 is 0 Å². The van der Waals surface area contributed by atoms with Crippen molar-refractivity contribution in [1.82, 2.24) is 5.32 Å². The molecular formula is C13H18BrNO2. The van der Waals surface area contributed by atoms with Crippen LogP contribution >= 0.6 is 15.9 Å². The van der Waals surface area contributed by atoms with Crippen molar-refractivity contribution >= 4 is 21.8 Å². The molecule has 0 bridgehead atoms. The van der Waals surface area contributed by atoms with Crippen LogP contribution in [0.25, 0.3) is 0 Å². The van der Waals surface area contributed by atoms with E-state index in [0.717, 1.165) is 10.0 Å². The molecule has 0 fully saturated rings. The predicted molar refractivity (Wildman–Crippen MR) is 72.3 cm³/mol. The molecule has 0 aromatic heterocycles. The van der Waals surface area contributed by atoms with E-state index in [-0.39, 0.29) is 12.0 Å². The van der Waals surface area contributed by atoms with E-state index in [1.54, 1.807) is 0 Å². The third-order valence-corrected chi connectivity index (χ3v) is 3.21. The van der Waals surface area contributed by atoms with E-state index < -0.39 is 0 Å². The Morgan fingerprint density at radius 2 is 2.18 bits per heavy atom. The number of hydrogen-bond acceptors (Lipinski definition) is 2. The molecule has 1 aromatic carbocycles. The van der Waals surface area contributed by atoms with Gasteiger partial charge in [-0.2, -0.15) is 0 Å². The summed E-state index contributed by atoms with van der Waals surface area (Å²) in [4.78, 5) is 11.9. The van der Waals surface area contributed by atoms with Crippen molar-refractivity contribution in [3.05, 3.63) is 33.8 Å². The molecule has 0 radical (unpaired) electrons. The number of nitrogens with one attached hydrogen (secondary N) is 1. The van der Waals surface area contributed by atoms with Crippen LogP contribution in [-0.4, -0.2) is 25.2 Å². The second kappa shape index (κ2) is 6.77. The molecule has 0 aliphatic carbocycles. The van der Waals surface area contributed by atoms with Crippen LogP contribution in [0, 0.1) is 6.92 Å². The molecular weight excluding hydrogens is 282 g/mol. The molecule has 1 aromatic rings. The van der Waals surface area contributed by atoms with Crippen LogP contribution in [-0.2, 0) is 4.74 Å². The molecule has 0 aliphatic heterocycles. The quantitative estimate of drug-likeness (QED) is 0.849. The van der Waals surface area contributed by atoms with Gasteiger partial charge in [-0.25, -0.2) is 0 Å². The Labute approximate surface area is 111 Å². The van der Waals surface area contributed by atoms with Crippen molar-refractivity contribution in [1.29, 1.82) is 0 Å². The smallest absolute Gasteiger partial charge is 0.251 e. The average molecular weight is 300 g/mol. The molecule has 0 atom stereocenters. The number of ether oxygens (including phenoxy) is 1. The van der Waals surface area contributed by atoms with Gasteiger partial charge in [-0.15, -0.1) is 0 Å². The Balaban J connectivity index is 2.50. The molecule has 94 valence electrons. The maximum absolute atomic E-state index is 11.9. The molecule has 0 heterocycles. The maximum Gasteiger partial charge on any atom is 0.251 e. The fourth-order valence-electron chi connectivity index (χ4n) is 1.41. The summed E-state index contributed by atoms with van der Waals surface area (Å²) in [5.74, 6) is -0.0591. The zero-order valence-corrected chi connectivity index (χ0v) is 12.0. The minimum absolute atomic E-state index is 0.0591. The first-order valence-corrected chi connectivity index (χ1v) is 6.46.